The number of imidazole rings is 1. The van der Waals surface area contributed by atoms with E-state index in [0.717, 1.165) is 29.8 Å². The van der Waals surface area contributed by atoms with E-state index >= 15 is 0 Å². The van der Waals surface area contributed by atoms with Crippen molar-refractivity contribution >= 4 is 23.3 Å². The summed E-state index contributed by atoms with van der Waals surface area (Å²) in [6, 6.07) is 1.95. The number of aryl methyl sites for hydroxylation is 3. The molecule has 0 aromatic carbocycles. The summed E-state index contributed by atoms with van der Waals surface area (Å²) in [5.74, 6) is 0.822. The molecule has 0 aliphatic rings. The minimum absolute atomic E-state index is 0.703. The summed E-state index contributed by atoms with van der Waals surface area (Å²) >= 11 is 5.31. The molecule has 0 radical (unpaired) electrons. The van der Waals surface area contributed by atoms with Crippen LogP contribution >= 0.6 is 12.2 Å². The Kier molecular flexibility index (Phi) is 2.67. The first-order chi connectivity index (χ1) is 8.74. The second-order valence-corrected chi connectivity index (χ2v) is 4.45. The molecule has 3 rings (SSSR count). The molecule has 3 aromatic rings. The Morgan fingerprint density at radius 3 is 3.11 bits per heavy atom. The monoisotopic (exact) mass is 260 g/mol. The molecule has 3 aromatic heterocycles. The summed E-state index contributed by atoms with van der Waals surface area (Å²) in [6.07, 6.45) is 6.00. The molecule has 18 heavy (non-hydrogen) atoms. The normalized spacial score (nSPS) is 11.2. The van der Waals surface area contributed by atoms with Crippen molar-refractivity contribution in [2.24, 2.45) is 7.05 Å². The van der Waals surface area contributed by atoms with Crippen LogP contribution in [0.3, 0.4) is 0 Å². The van der Waals surface area contributed by atoms with Crippen LogP contribution in [0.25, 0.3) is 11.0 Å². The number of nitrogens with zero attached hydrogens (tertiary/aromatic N) is 5. The Morgan fingerprint density at radius 2 is 2.33 bits per heavy atom. The lowest BCUT2D eigenvalue weighted by molar-refractivity contribution is 0.666. The molecule has 7 heteroatoms. The summed E-state index contributed by atoms with van der Waals surface area (Å²) in [7, 11) is 1.86. The molecule has 0 atom stereocenters. The molecule has 0 saturated carbocycles. The highest BCUT2D eigenvalue weighted by molar-refractivity contribution is 7.71. The molecular weight excluding hydrogens is 248 g/mol. The van der Waals surface area contributed by atoms with E-state index in [1.807, 2.05) is 17.7 Å². The maximum absolute atomic E-state index is 5.31. The summed E-state index contributed by atoms with van der Waals surface area (Å²) in [5.41, 5.74) is 2.02. The fourth-order valence-electron chi connectivity index (χ4n) is 1.94. The van der Waals surface area contributed by atoms with E-state index in [1.54, 1.807) is 23.4 Å². The van der Waals surface area contributed by atoms with Crippen molar-refractivity contribution in [1.29, 1.82) is 0 Å². The van der Waals surface area contributed by atoms with Gasteiger partial charge in [-0.3, -0.25) is 9.67 Å². The van der Waals surface area contributed by atoms with Gasteiger partial charge >= 0.3 is 0 Å². The molecule has 0 saturated heterocycles. The van der Waals surface area contributed by atoms with E-state index in [4.69, 9.17) is 12.2 Å². The molecule has 0 spiro atoms. The molecule has 1 N–H and O–H groups in total. The lowest BCUT2D eigenvalue weighted by Gasteiger charge is -2.01. The van der Waals surface area contributed by atoms with Crippen LogP contribution in [0.2, 0.25) is 0 Å². The lowest BCUT2D eigenvalue weighted by Crippen LogP contribution is -2.03. The van der Waals surface area contributed by atoms with Crippen LogP contribution in [0.5, 0.6) is 0 Å². The average molecular weight is 260 g/mol. The van der Waals surface area contributed by atoms with Gasteiger partial charge in [0.1, 0.15) is 6.33 Å². The lowest BCUT2D eigenvalue weighted by atomic mass is 10.3. The quantitative estimate of drug-likeness (QED) is 0.724. The van der Waals surface area contributed by atoms with Gasteiger partial charge in [0.25, 0.3) is 0 Å². The topological polar surface area (TPSA) is 64.3 Å². The number of H-pyrrole nitrogens is 1. The molecule has 0 amide bonds. The summed E-state index contributed by atoms with van der Waals surface area (Å²) < 4.78 is 4.45. The zero-order chi connectivity index (χ0) is 12.5. The number of hydrogen-bond acceptors (Lipinski definition) is 4. The van der Waals surface area contributed by atoms with Crippen molar-refractivity contribution in [2.75, 3.05) is 0 Å². The number of rotatable bonds is 3. The first-order valence-electron chi connectivity index (χ1n) is 5.61. The molecule has 0 aliphatic carbocycles. The third kappa shape index (κ3) is 1.92. The second kappa shape index (κ2) is 4.34. The van der Waals surface area contributed by atoms with Crippen molar-refractivity contribution in [1.82, 2.24) is 29.3 Å². The van der Waals surface area contributed by atoms with Crippen molar-refractivity contribution in [3.8, 4) is 0 Å². The van der Waals surface area contributed by atoms with Crippen LogP contribution in [0.15, 0.2) is 24.8 Å². The summed E-state index contributed by atoms with van der Waals surface area (Å²) in [6.45, 7) is 0.757. The first-order valence-corrected chi connectivity index (χ1v) is 6.02. The Hall–Kier alpha value is -2.02. The first kappa shape index (κ1) is 11.1. The summed E-state index contributed by atoms with van der Waals surface area (Å²) in [5, 5.41) is 4.26. The molecular formula is C11H12N6S. The van der Waals surface area contributed by atoms with E-state index in [0.29, 0.717) is 4.77 Å². The largest absolute Gasteiger partial charge is 0.329 e. The Morgan fingerprint density at radius 1 is 1.44 bits per heavy atom. The Labute approximate surface area is 108 Å². The minimum atomic E-state index is 0.703. The molecule has 0 bridgehead atoms. The van der Waals surface area contributed by atoms with Gasteiger partial charge in [0.15, 0.2) is 10.6 Å². The fourth-order valence-corrected chi connectivity index (χ4v) is 2.24. The van der Waals surface area contributed by atoms with E-state index in [2.05, 4.69) is 20.1 Å². The third-order valence-corrected chi connectivity index (χ3v) is 3.10. The zero-order valence-corrected chi connectivity index (χ0v) is 10.7. The highest BCUT2D eigenvalue weighted by atomic mass is 32.1. The van der Waals surface area contributed by atoms with Gasteiger partial charge in [-0.05, 0) is 18.3 Å². The fraction of sp³-hybridized carbons (Fsp3) is 0.273. The Bertz CT molecular complexity index is 737. The van der Waals surface area contributed by atoms with Crippen LogP contribution in [0.4, 0.5) is 0 Å². The van der Waals surface area contributed by atoms with E-state index in [1.165, 1.54) is 0 Å². The number of aromatic nitrogens is 6. The predicted octanol–water partition coefficient (Wildman–Crippen LogP) is 1.47. The average Bonchev–Trinajstić information content (AvgIpc) is 2.90. The smallest absolute Gasteiger partial charge is 0.178 e. The number of pyridine rings is 1. The van der Waals surface area contributed by atoms with Crippen molar-refractivity contribution in [2.45, 2.75) is 13.0 Å². The maximum Gasteiger partial charge on any atom is 0.178 e. The van der Waals surface area contributed by atoms with Crippen molar-refractivity contribution < 1.29 is 0 Å². The second-order valence-electron chi connectivity index (χ2n) is 4.06. The molecule has 3 heterocycles. The van der Waals surface area contributed by atoms with Gasteiger partial charge in [0.2, 0.25) is 0 Å². The highest BCUT2D eigenvalue weighted by Crippen LogP contribution is 2.12. The van der Waals surface area contributed by atoms with Gasteiger partial charge in [-0.1, -0.05) is 0 Å². The molecule has 0 fully saturated rings. The SMILES string of the molecule is Cn1cnc(CCn2c(=S)[nH]c3cnccc32)n1. The highest BCUT2D eigenvalue weighted by Gasteiger charge is 2.05. The van der Waals surface area contributed by atoms with Gasteiger partial charge in [-0.25, -0.2) is 4.98 Å². The standard InChI is InChI=1S/C11H12N6S/c1-16-7-13-10(15-16)3-5-17-9-2-4-12-6-8(9)14-11(17)18/h2,4,6-7H,3,5H2,1H3,(H,14,18). The van der Waals surface area contributed by atoms with Crippen LogP contribution in [0.1, 0.15) is 5.82 Å². The van der Waals surface area contributed by atoms with Gasteiger partial charge in [0, 0.05) is 26.2 Å². The molecule has 6 nitrogen and oxygen atoms in total. The number of fused-ring (bicyclic) bond motifs is 1. The molecule has 0 unspecified atom stereocenters. The van der Waals surface area contributed by atoms with Gasteiger partial charge < -0.3 is 9.55 Å². The van der Waals surface area contributed by atoms with Gasteiger partial charge in [0.05, 0.1) is 17.2 Å². The number of nitrogens with one attached hydrogen (secondary N) is 1. The third-order valence-electron chi connectivity index (χ3n) is 2.78. The van der Waals surface area contributed by atoms with Gasteiger partial charge in [-0.2, -0.15) is 5.10 Å². The van der Waals surface area contributed by atoms with E-state index in [9.17, 15) is 0 Å². The minimum Gasteiger partial charge on any atom is -0.329 e. The maximum atomic E-state index is 5.31. The van der Waals surface area contributed by atoms with Gasteiger partial charge in [-0.15, -0.1) is 0 Å². The zero-order valence-electron chi connectivity index (χ0n) is 9.87. The predicted molar refractivity (Wildman–Crippen MR) is 69.6 cm³/mol. The molecule has 0 aliphatic heterocycles. The number of hydrogen-bond donors (Lipinski definition) is 1. The number of aromatic amines is 1. The van der Waals surface area contributed by atoms with Crippen molar-refractivity contribution in [3.05, 3.63) is 35.4 Å². The van der Waals surface area contributed by atoms with E-state index in [-0.39, 0.29) is 0 Å². The van der Waals surface area contributed by atoms with Crippen LogP contribution in [-0.2, 0) is 20.0 Å². The van der Waals surface area contributed by atoms with Crippen LogP contribution in [0, 0.1) is 4.77 Å². The molecule has 92 valence electrons. The van der Waals surface area contributed by atoms with Crippen molar-refractivity contribution in [3.63, 3.8) is 0 Å². The summed E-state index contributed by atoms with van der Waals surface area (Å²) in [4.78, 5) is 11.4. The van der Waals surface area contributed by atoms with Crippen LogP contribution in [-0.4, -0.2) is 29.3 Å². The van der Waals surface area contributed by atoms with Crippen LogP contribution < -0.4 is 0 Å². The Balaban J connectivity index is 1.90. The van der Waals surface area contributed by atoms with E-state index < -0.39 is 0 Å².